The molecule has 1 saturated carbocycles. The number of rotatable bonds is 3. The molecule has 82 valence electrons. The molecule has 0 amide bonds. The molecule has 0 atom stereocenters. The number of phenolic OH excluding ortho intramolecular Hbond substituents is 1. The Labute approximate surface area is 98.8 Å². The second-order valence-corrected chi connectivity index (χ2v) is 5.00. The third kappa shape index (κ3) is 2.95. The number of hydrogen-bond donors (Lipinski definition) is 2. The van der Waals surface area contributed by atoms with E-state index in [-0.39, 0.29) is 0 Å². The van der Waals surface area contributed by atoms with Crippen LogP contribution >= 0.6 is 15.9 Å². The Hall–Kier alpha value is -0.540. The fraction of sp³-hybridized carbons (Fsp3) is 0.500. The molecule has 1 fully saturated rings. The molecule has 1 aliphatic rings. The van der Waals surface area contributed by atoms with Crippen molar-refractivity contribution in [2.24, 2.45) is 0 Å². The summed E-state index contributed by atoms with van der Waals surface area (Å²) >= 11 is 3.32. The largest absolute Gasteiger partial charge is 0.507 e. The Balaban J connectivity index is 1.90. The van der Waals surface area contributed by atoms with Crippen LogP contribution in [0.5, 0.6) is 5.75 Å². The Morgan fingerprint density at radius 2 is 2.07 bits per heavy atom. The van der Waals surface area contributed by atoms with Crippen molar-refractivity contribution >= 4 is 15.9 Å². The van der Waals surface area contributed by atoms with Crippen LogP contribution in [0, 0.1) is 0 Å². The van der Waals surface area contributed by atoms with Crippen molar-refractivity contribution in [3.05, 3.63) is 28.2 Å². The molecule has 0 bridgehead atoms. The van der Waals surface area contributed by atoms with Gasteiger partial charge < -0.3 is 10.4 Å². The third-order valence-electron chi connectivity index (χ3n) is 2.96. The van der Waals surface area contributed by atoms with Crippen molar-refractivity contribution in [2.75, 3.05) is 0 Å². The van der Waals surface area contributed by atoms with Gasteiger partial charge >= 0.3 is 0 Å². The zero-order valence-electron chi connectivity index (χ0n) is 8.67. The van der Waals surface area contributed by atoms with Crippen LogP contribution in [0.2, 0.25) is 0 Å². The van der Waals surface area contributed by atoms with E-state index in [0.29, 0.717) is 11.8 Å². The van der Waals surface area contributed by atoms with Gasteiger partial charge in [-0.05, 0) is 46.5 Å². The summed E-state index contributed by atoms with van der Waals surface area (Å²) in [5.41, 5.74) is 1.21. The maximum atomic E-state index is 9.36. The van der Waals surface area contributed by atoms with Gasteiger partial charge in [-0.25, -0.2) is 0 Å². The average Bonchev–Trinajstić information content (AvgIpc) is 2.73. The maximum absolute atomic E-state index is 9.36. The highest BCUT2D eigenvalue weighted by atomic mass is 79.9. The summed E-state index contributed by atoms with van der Waals surface area (Å²) in [7, 11) is 0. The van der Waals surface area contributed by atoms with Crippen LogP contribution in [0.15, 0.2) is 22.7 Å². The first-order valence-electron chi connectivity index (χ1n) is 5.46. The lowest BCUT2D eigenvalue weighted by Crippen LogP contribution is -2.25. The van der Waals surface area contributed by atoms with Crippen LogP contribution < -0.4 is 5.32 Å². The average molecular weight is 270 g/mol. The highest BCUT2D eigenvalue weighted by Gasteiger charge is 2.13. The highest BCUT2D eigenvalue weighted by Crippen LogP contribution is 2.24. The molecule has 1 aromatic rings. The smallest absolute Gasteiger partial charge is 0.129 e. The van der Waals surface area contributed by atoms with Gasteiger partial charge in [0.25, 0.3) is 0 Å². The van der Waals surface area contributed by atoms with Gasteiger partial charge in [-0.1, -0.05) is 18.9 Å². The number of halogens is 1. The predicted molar refractivity (Wildman–Crippen MR) is 64.9 cm³/mol. The van der Waals surface area contributed by atoms with Crippen molar-refractivity contribution in [3.8, 4) is 5.75 Å². The van der Waals surface area contributed by atoms with Crippen molar-refractivity contribution < 1.29 is 5.11 Å². The molecule has 2 rings (SSSR count). The monoisotopic (exact) mass is 269 g/mol. The van der Waals surface area contributed by atoms with Gasteiger partial charge in [0.15, 0.2) is 0 Å². The minimum absolute atomic E-state index is 0.305. The second-order valence-electron chi connectivity index (χ2n) is 4.15. The molecule has 0 aromatic heterocycles. The maximum Gasteiger partial charge on any atom is 0.129 e. The quantitative estimate of drug-likeness (QED) is 0.884. The molecular weight excluding hydrogens is 254 g/mol. The standard InChI is InChI=1S/C12H16BrNO/c13-11-7-9(5-6-12(11)15)8-14-10-3-1-2-4-10/h5-7,10,14-15H,1-4,8H2. The molecule has 1 aliphatic carbocycles. The Morgan fingerprint density at radius 1 is 1.33 bits per heavy atom. The molecule has 1 aromatic carbocycles. The Morgan fingerprint density at radius 3 is 2.73 bits per heavy atom. The summed E-state index contributed by atoms with van der Waals surface area (Å²) in [6.07, 6.45) is 5.33. The van der Waals surface area contributed by atoms with Crippen LogP contribution in [-0.2, 0) is 6.54 Å². The molecule has 0 heterocycles. The Bertz CT molecular complexity index is 334. The first-order chi connectivity index (χ1) is 7.25. The molecule has 15 heavy (non-hydrogen) atoms. The lowest BCUT2D eigenvalue weighted by atomic mass is 10.2. The van der Waals surface area contributed by atoms with Crippen molar-refractivity contribution in [1.29, 1.82) is 0 Å². The molecule has 0 unspecified atom stereocenters. The number of benzene rings is 1. The van der Waals surface area contributed by atoms with Crippen LogP contribution in [0.1, 0.15) is 31.2 Å². The molecule has 2 nitrogen and oxygen atoms in total. The molecule has 2 N–H and O–H groups in total. The van der Waals surface area contributed by atoms with Crippen LogP contribution in [0.25, 0.3) is 0 Å². The molecule has 0 saturated heterocycles. The van der Waals surface area contributed by atoms with Crippen LogP contribution in [-0.4, -0.2) is 11.1 Å². The molecule has 0 aliphatic heterocycles. The minimum atomic E-state index is 0.305. The van der Waals surface area contributed by atoms with Gasteiger partial charge in [-0.15, -0.1) is 0 Å². The predicted octanol–water partition coefficient (Wildman–Crippen LogP) is 3.19. The molecule has 0 spiro atoms. The number of phenols is 1. The van der Waals surface area contributed by atoms with Crippen molar-refractivity contribution in [3.63, 3.8) is 0 Å². The van der Waals surface area contributed by atoms with Gasteiger partial charge in [0.2, 0.25) is 0 Å². The molecule has 0 radical (unpaired) electrons. The number of aromatic hydroxyl groups is 1. The number of hydrogen-bond acceptors (Lipinski definition) is 2. The highest BCUT2D eigenvalue weighted by molar-refractivity contribution is 9.10. The van der Waals surface area contributed by atoms with E-state index in [4.69, 9.17) is 0 Å². The summed E-state index contributed by atoms with van der Waals surface area (Å²) in [6.45, 7) is 0.892. The van der Waals surface area contributed by atoms with E-state index in [1.165, 1.54) is 31.2 Å². The normalized spacial score (nSPS) is 17.1. The van der Waals surface area contributed by atoms with E-state index in [2.05, 4.69) is 21.2 Å². The summed E-state index contributed by atoms with van der Waals surface area (Å²) in [5.74, 6) is 0.305. The van der Waals surface area contributed by atoms with E-state index >= 15 is 0 Å². The van der Waals surface area contributed by atoms with Gasteiger partial charge in [0.05, 0.1) is 4.47 Å². The lowest BCUT2D eigenvalue weighted by Gasteiger charge is -2.12. The fourth-order valence-electron chi connectivity index (χ4n) is 2.05. The van der Waals surface area contributed by atoms with E-state index in [1.807, 2.05) is 12.1 Å². The Kier molecular flexibility index (Phi) is 3.65. The van der Waals surface area contributed by atoms with Crippen molar-refractivity contribution in [2.45, 2.75) is 38.3 Å². The minimum Gasteiger partial charge on any atom is -0.507 e. The SMILES string of the molecule is Oc1ccc(CNC2CCCC2)cc1Br. The summed E-state index contributed by atoms with van der Waals surface area (Å²) in [4.78, 5) is 0. The van der Waals surface area contributed by atoms with E-state index in [1.54, 1.807) is 6.07 Å². The van der Waals surface area contributed by atoms with Crippen molar-refractivity contribution in [1.82, 2.24) is 5.32 Å². The summed E-state index contributed by atoms with van der Waals surface area (Å²) in [5, 5.41) is 12.9. The molecular formula is C12H16BrNO. The first-order valence-corrected chi connectivity index (χ1v) is 6.26. The van der Waals surface area contributed by atoms with E-state index in [9.17, 15) is 5.11 Å². The van der Waals surface area contributed by atoms with Crippen LogP contribution in [0.4, 0.5) is 0 Å². The van der Waals surface area contributed by atoms with Gasteiger partial charge in [0, 0.05) is 12.6 Å². The summed E-state index contributed by atoms with van der Waals surface area (Å²) in [6, 6.07) is 6.35. The third-order valence-corrected chi connectivity index (χ3v) is 3.60. The van der Waals surface area contributed by atoms with E-state index in [0.717, 1.165) is 11.0 Å². The van der Waals surface area contributed by atoms with Gasteiger partial charge in [-0.3, -0.25) is 0 Å². The van der Waals surface area contributed by atoms with Gasteiger partial charge in [0.1, 0.15) is 5.75 Å². The first kappa shape index (κ1) is 11.0. The topological polar surface area (TPSA) is 32.3 Å². The fourth-order valence-corrected chi connectivity index (χ4v) is 2.48. The number of nitrogens with one attached hydrogen (secondary N) is 1. The van der Waals surface area contributed by atoms with Gasteiger partial charge in [-0.2, -0.15) is 0 Å². The summed E-state index contributed by atoms with van der Waals surface area (Å²) < 4.78 is 0.772. The zero-order chi connectivity index (χ0) is 10.7. The van der Waals surface area contributed by atoms with Crippen LogP contribution in [0.3, 0.4) is 0 Å². The zero-order valence-corrected chi connectivity index (χ0v) is 10.3. The van der Waals surface area contributed by atoms with E-state index < -0.39 is 0 Å². The lowest BCUT2D eigenvalue weighted by molar-refractivity contribution is 0.471. The second kappa shape index (κ2) is 4.99. The molecule has 3 heteroatoms.